The van der Waals surface area contributed by atoms with Gasteiger partial charge in [0.2, 0.25) is 6.10 Å². The molecule has 1 aliphatic rings. The van der Waals surface area contributed by atoms with Crippen LogP contribution in [0.25, 0.3) is 10.4 Å². The molecule has 4 atom stereocenters. The van der Waals surface area contributed by atoms with E-state index in [9.17, 15) is 13.2 Å². The number of carbonyl (C=O) groups excluding carboxylic acids is 1. The molecule has 0 N–H and O–H groups in total. The Morgan fingerprint density at radius 3 is 2.22 bits per heavy atom. The Balaban J connectivity index is 1.76. The number of benzene rings is 2. The van der Waals surface area contributed by atoms with Crippen LogP contribution in [0.4, 0.5) is 0 Å². The van der Waals surface area contributed by atoms with Crippen LogP contribution in [0.2, 0.25) is 0 Å². The highest BCUT2D eigenvalue weighted by Crippen LogP contribution is 2.28. The van der Waals surface area contributed by atoms with Crippen molar-refractivity contribution in [3.8, 4) is 0 Å². The number of hydrogen-bond donors (Lipinski definition) is 0. The summed E-state index contributed by atoms with van der Waals surface area (Å²) in [4.78, 5) is 15.2. The summed E-state index contributed by atoms with van der Waals surface area (Å²) in [5, 5.41) is 3.70. The number of rotatable bonds is 11. The number of cyclic esters (lactones) is 1. The lowest BCUT2D eigenvalue weighted by Gasteiger charge is -2.25. The largest absolute Gasteiger partial charge is 0.457 e. The smallest absolute Gasteiger partial charge is 0.340 e. The summed E-state index contributed by atoms with van der Waals surface area (Å²) in [6.45, 7) is 0.238. The lowest BCUT2D eigenvalue weighted by molar-refractivity contribution is -0.147. The summed E-state index contributed by atoms with van der Waals surface area (Å²) >= 11 is 0. The van der Waals surface area contributed by atoms with E-state index in [0.29, 0.717) is 0 Å². The Morgan fingerprint density at radius 1 is 1.06 bits per heavy atom. The number of carbonyl (C=O) groups is 1. The van der Waals surface area contributed by atoms with E-state index in [2.05, 4.69) is 10.0 Å². The Hall–Kier alpha value is -2.95. The molecule has 3 rings (SSSR count). The first-order valence-electron chi connectivity index (χ1n) is 9.77. The Kier molecular flexibility index (Phi) is 8.20. The fourth-order valence-electron chi connectivity index (χ4n) is 3.24. The lowest BCUT2D eigenvalue weighted by Crippen LogP contribution is -2.43. The van der Waals surface area contributed by atoms with Crippen molar-refractivity contribution in [2.45, 2.75) is 37.6 Å². The number of nitrogens with zero attached hydrogens (tertiary/aromatic N) is 3. The maximum absolute atomic E-state index is 12.4. The molecule has 32 heavy (non-hydrogen) atoms. The molecule has 170 valence electrons. The van der Waals surface area contributed by atoms with Gasteiger partial charge in [-0.2, -0.15) is 8.42 Å². The van der Waals surface area contributed by atoms with Crippen molar-refractivity contribution in [2.24, 2.45) is 5.11 Å². The van der Waals surface area contributed by atoms with Gasteiger partial charge in [-0.25, -0.2) is 4.79 Å². The zero-order chi connectivity index (χ0) is 23.0. The van der Waals surface area contributed by atoms with Crippen molar-refractivity contribution in [3.63, 3.8) is 0 Å². The second-order valence-electron chi connectivity index (χ2n) is 7.16. The van der Waals surface area contributed by atoms with E-state index in [1.54, 1.807) is 0 Å². The number of hydrogen-bond acceptors (Lipinski definition) is 8. The molecule has 0 aliphatic carbocycles. The summed E-state index contributed by atoms with van der Waals surface area (Å²) in [5.74, 6) is -0.917. The Labute approximate surface area is 185 Å². The van der Waals surface area contributed by atoms with Crippen molar-refractivity contribution in [1.82, 2.24) is 0 Å². The Bertz CT molecular complexity index is 1040. The molecular weight excluding hydrogens is 438 g/mol. The normalized spacial score (nSPS) is 21.5. The highest BCUT2D eigenvalue weighted by molar-refractivity contribution is 7.86. The van der Waals surface area contributed by atoms with E-state index in [1.807, 2.05) is 60.7 Å². The van der Waals surface area contributed by atoms with E-state index < -0.39 is 40.4 Å². The van der Waals surface area contributed by atoms with Gasteiger partial charge in [0.1, 0.15) is 18.2 Å². The average molecular weight is 461 g/mol. The fraction of sp³-hybridized carbons (Fsp3) is 0.381. The molecule has 0 amide bonds. The van der Waals surface area contributed by atoms with Crippen molar-refractivity contribution in [2.75, 3.05) is 12.9 Å². The summed E-state index contributed by atoms with van der Waals surface area (Å²) in [6, 6.07) is 17.5. The molecule has 10 nitrogen and oxygen atoms in total. The second-order valence-corrected chi connectivity index (χ2v) is 8.76. The maximum Gasteiger partial charge on any atom is 0.340 e. The van der Waals surface area contributed by atoms with Gasteiger partial charge in [0.05, 0.1) is 26.1 Å². The van der Waals surface area contributed by atoms with Crippen molar-refractivity contribution < 1.29 is 31.6 Å². The van der Waals surface area contributed by atoms with Crippen molar-refractivity contribution >= 4 is 16.1 Å². The first-order valence-corrected chi connectivity index (χ1v) is 11.6. The van der Waals surface area contributed by atoms with Crippen LogP contribution in [-0.2, 0) is 46.5 Å². The molecule has 0 radical (unpaired) electrons. The lowest BCUT2D eigenvalue weighted by atomic mass is 10.0. The second kappa shape index (κ2) is 11.1. The molecule has 0 unspecified atom stereocenters. The van der Waals surface area contributed by atoms with E-state index in [-0.39, 0.29) is 19.8 Å². The van der Waals surface area contributed by atoms with Crippen LogP contribution in [0.1, 0.15) is 11.1 Å². The highest BCUT2D eigenvalue weighted by Gasteiger charge is 2.51. The van der Waals surface area contributed by atoms with Gasteiger partial charge in [0.15, 0.2) is 0 Å². The molecular formula is C21H23N3O7S. The number of ether oxygens (including phenoxy) is 3. The molecule has 2 aromatic carbocycles. The quantitative estimate of drug-likeness (QED) is 0.165. The van der Waals surface area contributed by atoms with Gasteiger partial charge in [-0.05, 0) is 16.7 Å². The number of azide groups is 1. The van der Waals surface area contributed by atoms with Gasteiger partial charge in [-0.1, -0.05) is 65.8 Å². The predicted octanol–water partition coefficient (Wildman–Crippen LogP) is 2.74. The molecule has 1 saturated heterocycles. The molecule has 0 bridgehead atoms. The third kappa shape index (κ3) is 6.78. The molecule has 1 fully saturated rings. The van der Waals surface area contributed by atoms with Gasteiger partial charge in [-0.3, -0.25) is 4.18 Å². The Morgan fingerprint density at radius 2 is 1.66 bits per heavy atom. The molecule has 1 aliphatic heterocycles. The van der Waals surface area contributed by atoms with Crippen LogP contribution in [0.5, 0.6) is 0 Å². The minimum Gasteiger partial charge on any atom is -0.457 e. The third-order valence-electron chi connectivity index (χ3n) is 4.65. The molecule has 0 aromatic heterocycles. The van der Waals surface area contributed by atoms with Crippen molar-refractivity contribution in [1.29, 1.82) is 0 Å². The summed E-state index contributed by atoms with van der Waals surface area (Å²) in [5.41, 5.74) is 10.7. The first-order chi connectivity index (χ1) is 15.4. The van der Waals surface area contributed by atoms with E-state index in [0.717, 1.165) is 17.4 Å². The maximum atomic E-state index is 12.4. The van der Waals surface area contributed by atoms with Gasteiger partial charge < -0.3 is 14.2 Å². The van der Waals surface area contributed by atoms with Crippen LogP contribution in [-0.4, -0.2) is 51.6 Å². The van der Waals surface area contributed by atoms with E-state index in [4.69, 9.17) is 23.9 Å². The highest BCUT2D eigenvalue weighted by atomic mass is 32.2. The standard InChI is InChI=1S/C21H23N3O7S/c1-32(26,27)31-20-19(29-13-16-10-6-3-7-11-16)18(30-21(20)25)17(23-24-22)14-28-12-15-8-4-2-5-9-15/h2-11,17-20H,12-14H2,1H3/t17-,18+,19+,20+/m0/s1. The molecule has 0 saturated carbocycles. The van der Waals surface area contributed by atoms with Crippen LogP contribution in [0, 0.1) is 0 Å². The van der Waals surface area contributed by atoms with Crippen LogP contribution >= 0.6 is 0 Å². The molecule has 1 heterocycles. The average Bonchev–Trinajstić information content (AvgIpc) is 3.07. The van der Waals surface area contributed by atoms with Crippen LogP contribution in [0.3, 0.4) is 0 Å². The fourth-order valence-corrected chi connectivity index (χ4v) is 3.80. The monoisotopic (exact) mass is 461 g/mol. The van der Waals surface area contributed by atoms with Gasteiger partial charge in [0, 0.05) is 4.91 Å². The van der Waals surface area contributed by atoms with Crippen molar-refractivity contribution in [3.05, 3.63) is 82.2 Å². The van der Waals surface area contributed by atoms with Crippen LogP contribution < -0.4 is 0 Å². The van der Waals surface area contributed by atoms with Gasteiger partial charge >= 0.3 is 5.97 Å². The molecule has 2 aromatic rings. The topological polar surface area (TPSA) is 137 Å². The van der Waals surface area contributed by atoms with Crippen LogP contribution in [0.15, 0.2) is 65.8 Å². The zero-order valence-electron chi connectivity index (χ0n) is 17.3. The minimum absolute atomic E-state index is 0.0656. The van der Waals surface area contributed by atoms with Gasteiger partial charge in [0.25, 0.3) is 10.1 Å². The predicted molar refractivity (Wildman–Crippen MR) is 114 cm³/mol. The minimum atomic E-state index is -3.99. The summed E-state index contributed by atoms with van der Waals surface area (Å²) in [6.07, 6.45) is -2.92. The van der Waals surface area contributed by atoms with E-state index in [1.165, 1.54) is 0 Å². The summed E-state index contributed by atoms with van der Waals surface area (Å²) in [7, 11) is -3.99. The first kappa shape index (κ1) is 23.7. The number of esters is 1. The summed E-state index contributed by atoms with van der Waals surface area (Å²) < 4.78 is 45.2. The zero-order valence-corrected chi connectivity index (χ0v) is 18.1. The van der Waals surface area contributed by atoms with Gasteiger partial charge in [-0.15, -0.1) is 0 Å². The third-order valence-corrected chi connectivity index (χ3v) is 5.21. The van der Waals surface area contributed by atoms with E-state index >= 15 is 0 Å². The SMILES string of the molecule is CS(=O)(=O)O[C@H]1C(=O)O[C@H]([C@H](COCc2ccccc2)N=[N+]=[N-])[C@H]1OCc1ccccc1. The molecule has 11 heteroatoms. The molecule has 0 spiro atoms.